The Morgan fingerprint density at radius 2 is 1.56 bits per heavy atom. The fraction of sp³-hybridized carbons (Fsp3) is 0.238. The van der Waals surface area contributed by atoms with E-state index < -0.39 is 0 Å². The Hall–Kier alpha value is -2.39. The van der Waals surface area contributed by atoms with Gasteiger partial charge in [0.2, 0.25) is 0 Å². The largest absolute Gasteiger partial charge is 0.271 e. The number of nitrogens with one attached hydrogen (secondary N) is 1. The Balaban J connectivity index is 0.00000182. The summed E-state index contributed by atoms with van der Waals surface area (Å²) in [6.07, 6.45) is 6.57. The molecule has 0 amide bonds. The smallest absolute Gasteiger partial charge is 0.117 e. The highest BCUT2D eigenvalue weighted by Gasteiger charge is 2.06. The molecule has 3 aromatic rings. The van der Waals surface area contributed by atoms with Gasteiger partial charge in [0.15, 0.2) is 0 Å². The summed E-state index contributed by atoms with van der Waals surface area (Å²) in [5.74, 6) is 1.01. The quantitative estimate of drug-likeness (QED) is 0.379. The molecule has 1 aliphatic rings. The van der Waals surface area contributed by atoms with Crippen LogP contribution in [0.15, 0.2) is 64.7 Å². The third-order valence-electron chi connectivity index (χ3n) is 4.57. The van der Waals surface area contributed by atoms with E-state index in [-0.39, 0.29) is 12.4 Å². The molecule has 0 atom stereocenters. The van der Waals surface area contributed by atoms with Gasteiger partial charge in [-0.05, 0) is 40.5 Å². The Morgan fingerprint density at radius 1 is 0.880 bits per heavy atom. The van der Waals surface area contributed by atoms with Crippen LogP contribution in [0.3, 0.4) is 0 Å². The summed E-state index contributed by atoms with van der Waals surface area (Å²) in [4.78, 5) is 4.57. The number of hydrogen-bond acceptors (Lipinski definition) is 3. The first-order valence-corrected chi connectivity index (χ1v) is 8.65. The average molecular weight is 352 g/mol. The fourth-order valence-corrected chi connectivity index (χ4v) is 3.32. The van der Waals surface area contributed by atoms with Crippen LogP contribution in [0.1, 0.15) is 31.2 Å². The molecule has 4 rings (SSSR count). The normalized spacial score (nSPS) is 15.0. The number of aliphatic imine (C=N–C) groups is 1. The first-order chi connectivity index (χ1) is 11.9. The number of nitrogens with zero attached hydrogens (tertiary/aromatic N) is 2. The monoisotopic (exact) mass is 351 g/mol. The number of amidine groups is 1. The Bertz CT molecular complexity index is 877. The van der Waals surface area contributed by atoms with E-state index >= 15 is 0 Å². The van der Waals surface area contributed by atoms with Crippen LogP contribution in [0.4, 0.5) is 0 Å². The summed E-state index contributed by atoms with van der Waals surface area (Å²) in [6, 6.07) is 19.2. The van der Waals surface area contributed by atoms with Gasteiger partial charge in [0, 0.05) is 18.5 Å². The first-order valence-electron chi connectivity index (χ1n) is 8.65. The molecule has 0 bridgehead atoms. The van der Waals surface area contributed by atoms with Gasteiger partial charge < -0.3 is 0 Å². The molecule has 1 N–H and O–H groups in total. The van der Waals surface area contributed by atoms with Crippen molar-refractivity contribution in [3.8, 4) is 0 Å². The van der Waals surface area contributed by atoms with Gasteiger partial charge in [0.25, 0.3) is 0 Å². The van der Waals surface area contributed by atoms with Gasteiger partial charge >= 0.3 is 0 Å². The molecule has 128 valence electrons. The van der Waals surface area contributed by atoms with Crippen LogP contribution in [0.25, 0.3) is 21.5 Å². The summed E-state index contributed by atoms with van der Waals surface area (Å²) in [6.45, 7) is 0.912. The number of halogens is 1. The minimum absolute atomic E-state index is 0. The van der Waals surface area contributed by atoms with Crippen LogP contribution < -0.4 is 5.43 Å². The number of benzene rings is 3. The summed E-state index contributed by atoms with van der Waals surface area (Å²) in [7, 11) is 0. The van der Waals surface area contributed by atoms with Crippen LogP contribution in [0.2, 0.25) is 0 Å². The second-order valence-electron chi connectivity index (χ2n) is 6.24. The Morgan fingerprint density at radius 3 is 2.28 bits per heavy atom. The number of fused-ring (bicyclic) bond motifs is 2. The minimum atomic E-state index is 0. The summed E-state index contributed by atoms with van der Waals surface area (Å²) < 4.78 is 0. The molecule has 1 heterocycles. The van der Waals surface area contributed by atoms with Gasteiger partial charge in [-0.2, -0.15) is 5.10 Å². The van der Waals surface area contributed by atoms with E-state index in [1.54, 1.807) is 0 Å². The van der Waals surface area contributed by atoms with Gasteiger partial charge in [-0.1, -0.05) is 55.0 Å². The maximum Gasteiger partial charge on any atom is 0.117 e. The predicted molar refractivity (Wildman–Crippen MR) is 110 cm³/mol. The zero-order chi connectivity index (χ0) is 16.2. The second-order valence-corrected chi connectivity index (χ2v) is 6.24. The van der Waals surface area contributed by atoms with Crippen molar-refractivity contribution in [1.29, 1.82) is 0 Å². The summed E-state index contributed by atoms with van der Waals surface area (Å²) in [5.41, 5.74) is 4.32. The molecule has 0 aliphatic carbocycles. The van der Waals surface area contributed by atoms with Crippen LogP contribution in [-0.4, -0.2) is 18.6 Å². The molecule has 0 fully saturated rings. The van der Waals surface area contributed by atoms with Gasteiger partial charge in [0.05, 0.1) is 6.21 Å². The zero-order valence-electron chi connectivity index (χ0n) is 14.1. The lowest BCUT2D eigenvalue weighted by Crippen LogP contribution is -2.17. The highest BCUT2D eigenvalue weighted by molar-refractivity contribution is 6.13. The first kappa shape index (κ1) is 17.4. The van der Waals surface area contributed by atoms with E-state index in [9.17, 15) is 0 Å². The van der Waals surface area contributed by atoms with E-state index in [1.807, 2.05) is 6.21 Å². The van der Waals surface area contributed by atoms with Crippen LogP contribution in [0.5, 0.6) is 0 Å². The highest BCUT2D eigenvalue weighted by atomic mass is 35.5. The van der Waals surface area contributed by atoms with Crippen molar-refractivity contribution in [2.24, 2.45) is 10.1 Å². The molecule has 3 aromatic carbocycles. The lowest BCUT2D eigenvalue weighted by atomic mass is 9.97. The third kappa shape index (κ3) is 3.83. The molecule has 25 heavy (non-hydrogen) atoms. The van der Waals surface area contributed by atoms with Gasteiger partial charge in [0.1, 0.15) is 5.84 Å². The van der Waals surface area contributed by atoms with Crippen molar-refractivity contribution in [2.45, 2.75) is 25.7 Å². The van der Waals surface area contributed by atoms with E-state index in [1.165, 1.54) is 40.8 Å². The molecule has 1 aliphatic heterocycles. The summed E-state index contributed by atoms with van der Waals surface area (Å²) >= 11 is 0. The van der Waals surface area contributed by atoms with Gasteiger partial charge in [-0.25, -0.2) is 0 Å². The van der Waals surface area contributed by atoms with Crippen LogP contribution in [0, 0.1) is 0 Å². The minimum Gasteiger partial charge on any atom is -0.271 e. The maximum absolute atomic E-state index is 4.57. The number of rotatable bonds is 2. The standard InChI is InChI=1S/C21H21N3.ClH/c1-2-12-21(22-13-7-1)24-23-15-20-18-10-5-3-8-16(18)14-17-9-4-6-11-19(17)20;/h3-6,8-11,14-15H,1-2,7,12-13H2,(H,22,24);1H/b23-15+;. The lowest BCUT2D eigenvalue weighted by molar-refractivity contribution is 0.729. The average Bonchev–Trinajstić information content (AvgIpc) is 2.90. The SMILES string of the molecule is C(=N\NC1=NCCCCC1)/c1c2ccccc2cc2ccccc12.Cl. The van der Waals surface area contributed by atoms with Crippen molar-refractivity contribution in [1.82, 2.24) is 5.43 Å². The van der Waals surface area contributed by atoms with Crippen LogP contribution >= 0.6 is 12.4 Å². The van der Waals surface area contributed by atoms with Gasteiger partial charge in [-0.3, -0.25) is 10.4 Å². The van der Waals surface area contributed by atoms with Crippen molar-refractivity contribution >= 4 is 46.0 Å². The van der Waals surface area contributed by atoms with E-state index in [0.29, 0.717) is 0 Å². The fourth-order valence-electron chi connectivity index (χ4n) is 3.32. The summed E-state index contributed by atoms with van der Waals surface area (Å²) in [5, 5.41) is 9.43. The third-order valence-corrected chi connectivity index (χ3v) is 4.57. The molecule has 4 heteroatoms. The molecule has 0 saturated carbocycles. The van der Waals surface area contributed by atoms with Crippen molar-refractivity contribution < 1.29 is 0 Å². The van der Waals surface area contributed by atoms with Crippen molar-refractivity contribution in [2.75, 3.05) is 6.54 Å². The Labute approximate surface area is 154 Å². The molecule has 0 saturated heterocycles. The molecule has 0 radical (unpaired) electrons. The number of hydrazone groups is 1. The second kappa shape index (κ2) is 8.13. The molecule has 3 nitrogen and oxygen atoms in total. The van der Waals surface area contributed by atoms with E-state index in [4.69, 9.17) is 0 Å². The zero-order valence-corrected chi connectivity index (χ0v) is 14.9. The molecular weight excluding hydrogens is 330 g/mol. The van der Waals surface area contributed by atoms with E-state index in [2.05, 4.69) is 70.1 Å². The topological polar surface area (TPSA) is 36.8 Å². The lowest BCUT2D eigenvalue weighted by Gasteiger charge is -2.08. The Kier molecular flexibility index (Phi) is 5.67. The van der Waals surface area contributed by atoms with Crippen molar-refractivity contribution in [3.63, 3.8) is 0 Å². The molecular formula is C21H22ClN3. The molecule has 0 aromatic heterocycles. The van der Waals surface area contributed by atoms with Crippen molar-refractivity contribution in [3.05, 3.63) is 60.2 Å². The van der Waals surface area contributed by atoms with Gasteiger partial charge in [-0.15, -0.1) is 12.4 Å². The predicted octanol–water partition coefficient (Wildman–Crippen LogP) is 5.31. The number of hydrogen-bond donors (Lipinski definition) is 1. The maximum atomic E-state index is 4.57. The van der Waals surface area contributed by atoms with Crippen LogP contribution in [-0.2, 0) is 0 Å². The molecule has 0 unspecified atom stereocenters. The molecule has 0 spiro atoms. The van der Waals surface area contributed by atoms with E-state index in [0.717, 1.165) is 24.4 Å². The highest BCUT2D eigenvalue weighted by Crippen LogP contribution is 2.27.